The molecule has 0 bridgehead atoms. The summed E-state index contributed by atoms with van der Waals surface area (Å²) in [6.07, 6.45) is -1.72. The molecular weight excluding hydrogens is 239 g/mol. The largest absolute Gasteiger partial charge is 0.856 e. The minimum absolute atomic E-state index is 0.510. The molecule has 1 rings (SSSR count). The Labute approximate surface area is 95.5 Å². The summed E-state index contributed by atoms with van der Waals surface area (Å²) in [6, 6.07) is 0. The third-order valence-corrected chi connectivity index (χ3v) is 2.62. The highest BCUT2D eigenvalue weighted by Crippen LogP contribution is 2.24. The quantitative estimate of drug-likeness (QED) is 0.542. The average molecular weight is 250 g/mol. The Bertz CT molecular complexity index is 343. The van der Waals surface area contributed by atoms with Gasteiger partial charge in [0.15, 0.2) is 0 Å². The summed E-state index contributed by atoms with van der Waals surface area (Å²) >= 11 is 0. The van der Waals surface area contributed by atoms with Crippen LogP contribution in [-0.4, -0.2) is 23.8 Å². The normalized spacial score (nSPS) is 19.1. The molecule has 1 fully saturated rings. The number of ketones is 1. The monoisotopic (exact) mass is 250 g/mol. The summed E-state index contributed by atoms with van der Waals surface area (Å²) in [5, 5.41) is 10.8. The zero-order chi connectivity index (χ0) is 13.1. The van der Waals surface area contributed by atoms with Crippen LogP contribution in [0.4, 0.5) is 13.2 Å². The van der Waals surface area contributed by atoms with Gasteiger partial charge in [-0.1, -0.05) is 19.3 Å². The third kappa shape index (κ3) is 3.83. The smallest absolute Gasteiger partial charge is 0.455 e. The fourth-order valence-electron chi connectivity index (χ4n) is 1.71. The number of Topliss-reactive ketones (excluding diaryl/α,β-unsaturated/α-hetero) is 1. The molecule has 0 heterocycles. The van der Waals surface area contributed by atoms with Gasteiger partial charge in [-0.3, -0.25) is 9.59 Å². The van der Waals surface area contributed by atoms with Crippen molar-refractivity contribution < 1.29 is 27.9 Å². The van der Waals surface area contributed by atoms with Crippen LogP contribution in [0, 0.1) is 5.92 Å². The Morgan fingerprint density at radius 1 is 1.12 bits per heavy atom. The lowest BCUT2D eigenvalue weighted by atomic mass is 9.89. The molecule has 1 aliphatic carbocycles. The highest BCUT2D eigenvalue weighted by atomic mass is 19.4. The van der Waals surface area contributed by atoms with Crippen LogP contribution in [0.25, 0.3) is 0 Å². The maximum absolute atomic E-state index is 11.9. The van der Waals surface area contributed by atoms with Crippen molar-refractivity contribution in [3.63, 3.8) is 0 Å². The third-order valence-electron chi connectivity index (χ3n) is 2.62. The van der Waals surface area contributed by atoms with Crippen LogP contribution >= 0.6 is 0 Å². The first-order chi connectivity index (χ1) is 7.82. The maximum Gasteiger partial charge on any atom is 0.455 e. The molecule has 0 atom stereocenters. The molecule has 0 aromatic carbocycles. The number of aliphatic imine (C=N–C) groups is 1. The Kier molecular flexibility index (Phi) is 4.25. The van der Waals surface area contributed by atoms with Crippen molar-refractivity contribution in [2.75, 3.05) is 0 Å². The Balaban J connectivity index is 2.67. The minimum Gasteiger partial charge on any atom is -0.856 e. The first-order valence-corrected chi connectivity index (χ1v) is 5.23. The van der Waals surface area contributed by atoms with Gasteiger partial charge in [0.25, 0.3) is 5.78 Å². The molecule has 0 unspecified atom stereocenters. The van der Waals surface area contributed by atoms with Crippen molar-refractivity contribution in [2.24, 2.45) is 10.9 Å². The van der Waals surface area contributed by atoms with Gasteiger partial charge in [-0.05, 0) is 12.8 Å². The summed E-state index contributed by atoms with van der Waals surface area (Å²) in [5.74, 6) is -6.05. The van der Waals surface area contributed by atoms with Crippen LogP contribution in [0.1, 0.15) is 32.1 Å². The number of rotatable bonds is 2. The molecule has 0 radical (unpaired) electrons. The first kappa shape index (κ1) is 13.7. The van der Waals surface area contributed by atoms with E-state index >= 15 is 0 Å². The second-order valence-electron chi connectivity index (χ2n) is 3.92. The fourth-order valence-corrected chi connectivity index (χ4v) is 1.71. The van der Waals surface area contributed by atoms with Gasteiger partial charge in [0.1, 0.15) is 0 Å². The van der Waals surface area contributed by atoms with Gasteiger partial charge in [0.05, 0.1) is 0 Å². The number of carbonyl (C=O) groups excluding carboxylic acids is 2. The second-order valence-corrected chi connectivity index (χ2v) is 3.92. The number of hydrogen-bond acceptors (Lipinski definition) is 3. The van der Waals surface area contributed by atoms with Gasteiger partial charge < -0.3 is 5.11 Å². The van der Waals surface area contributed by atoms with E-state index in [1.54, 1.807) is 0 Å². The predicted molar refractivity (Wildman–Crippen MR) is 50.1 cm³/mol. The van der Waals surface area contributed by atoms with E-state index < -0.39 is 29.7 Å². The summed E-state index contributed by atoms with van der Waals surface area (Å²) in [4.78, 5) is 24.5. The van der Waals surface area contributed by atoms with Crippen LogP contribution in [-0.2, 0) is 9.59 Å². The highest BCUT2D eigenvalue weighted by Gasteiger charge is 2.38. The Morgan fingerprint density at radius 3 is 2.12 bits per heavy atom. The van der Waals surface area contributed by atoms with Gasteiger partial charge in [0.2, 0.25) is 5.91 Å². The van der Waals surface area contributed by atoms with Gasteiger partial charge in [-0.2, -0.15) is 13.2 Å². The van der Waals surface area contributed by atoms with Crippen molar-refractivity contribution in [3.8, 4) is 0 Å². The van der Waals surface area contributed by atoms with Crippen LogP contribution in [0.3, 0.4) is 0 Å². The summed E-state index contributed by atoms with van der Waals surface area (Å²) in [7, 11) is 0. The van der Waals surface area contributed by atoms with Gasteiger partial charge in [-0.25, -0.2) is 4.99 Å². The molecule has 1 aliphatic rings. The van der Waals surface area contributed by atoms with E-state index in [0.29, 0.717) is 12.8 Å². The molecule has 0 saturated heterocycles. The molecule has 0 aromatic rings. The number of alkyl halides is 3. The zero-order valence-electron chi connectivity index (χ0n) is 8.92. The number of nitrogens with zero attached hydrogens (tertiary/aromatic N) is 1. The van der Waals surface area contributed by atoms with Gasteiger partial charge in [-0.15, -0.1) is 0 Å². The second kappa shape index (κ2) is 5.29. The molecule has 96 valence electrons. The van der Waals surface area contributed by atoms with Gasteiger partial charge >= 0.3 is 6.18 Å². The maximum atomic E-state index is 11.9. The topological polar surface area (TPSA) is 69.6 Å². The molecule has 1 amide bonds. The van der Waals surface area contributed by atoms with Crippen LogP contribution in [0.15, 0.2) is 4.99 Å². The number of hydrogen-bond donors (Lipinski definition) is 0. The van der Waals surface area contributed by atoms with Crippen LogP contribution in [0.5, 0.6) is 0 Å². The molecular formula is C10H11F3NO3-. The van der Waals surface area contributed by atoms with E-state index in [9.17, 15) is 27.9 Å². The first-order valence-electron chi connectivity index (χ1n) is 5.23. The van der Waals surface area contributed by atoms with Crippen molar-refractivity contribution in [2.45, 2.75) is 38.3 Å². The van der Waals surface area contributed by atoms with Crippen molar-refractivity contribution in [1.29, 1.82) is 0 Å². The summed E-state index contributed by atoms with van der Waals surface area (Å²) in [5.41, 5.74) is 0. The SMILES string of the molecule is O=C(N=C([O-])C(=O)C(F)(F)F)C1CCCCC1. The highest BCUT2D eigenvalue weighted by molar-refractivity contribution is 6.38. The zero-order valence-corrected chi connectivity index (χ0v) is 8.92. The number of amides is 1. The van der Waals surface area contributed by atoms with E-state index in [2.05, 4.69) is 4.99 Å². The molecule has 4 nitrogen and oxygen atoms in total. The Morgan fingerprint density at radius 2 is 1.65 bits per heavy atom. The predicted octanol–water partition coefficient (Wildman–Crippen LogP) is 0.984. The van der Waals surface area contributed by atoms with Crippen molar-refractivity contribution in [1.82, 2.24) is 0 Å². The molecule has 7 heteroatoms. The van der Waals surface area contributed by atoms with Crippen molar-refractivity contribution >= 4 is 17.6 Å². The lowest BCUT2D eigenvalue weighted by Crippen LogP contribution is -2.39. The lowest BCUT2D eigenvalue weighted by Gasteiger charge is -2.19. The minimum atomic E-state index is -5.27. The molecule has 1 saturated carbocycles. The van der Waals surface area contributed by atoms with Crippen molar-refractivity contribution in [3.05, 3.63) is 0 Å². The molecule has 0 spiro atoms. The van der Waals surface area contributed by atoms with E-state index in [-0.39, 0.29) is 0 Å². The van der Waals surface area contributed by atoms with E-state index in [4.69, 9.17) is 0 Å². The summed E-state index contributed by atoms with van der Waals surface area (Å²) < 4.78 is 35.6. The Hall–Kier alpha value is -1.40. The fraction of sp³-hybridized carbons (Fsp3) is 0.700. The molecule has 0 aromatic heterocycles. The standard InChI is InChI=1S/C10H12F3NO3/c11-10(12,13)7(15)9(17)14-8(16)6-4-2-1-3-5-6/h6H,1-5H2,(H,14,16,17)/p-1. The lowest BCUT2D eigenvalue weighted by molar-refractivity contribution is -0.227. The van der Waals surface area contributed by atoms with E-state index in [1.807, 2.05) is 0 Å². The average Bonchev–Trinajstić information content (AvgIpc) is 2.27. The van der Waals surface area contributed by atoms with E-state index in [1.165, 1.54) is 0 Å². The summed E-state index contributed by atoms with van der Waals surface area (Å²) in [6.45, 7) is 0. The van der Waals surface area contributed by atoms with E-state index in [0.717, 1.165) is 19.3 Å². The number of carbonyl (C=O) groups is 2. The van der Waals surface area contributed by atoms with Crippen LogP contribution in [0.2, 0.25) is 0 Å². The molecule has 0 N–H and O–H groups in total. The number of halogens is 3. The molecule has 0 aliphatic heterocycles. The molecule has 17 heavy (non-hydrogen) atoms. The van der Waals surface area contributed by atoms with Crippen LogP contribution < -0.4 is 5.11 Å². The van der Waals surface area contributed by atoms with Gasteiger partial charge in [0, 0.05) is 11.8 Å².